The van der Waals surface area contributed by atoms with Gasteiger partial charge in [0.25, 0.3) is 5.56 Å². The SMILES string of the molecule is NC(N)=Nc1nc(CSCCc2ncc(-c3ccccc3)c(=O)[nH]2)cs1. The third-order valence-electron chi connectivity index (χ3n) is 3.43. The molecule has 0 fully saturated rings. The molecule has 1 aromatic carbocycles. The molecule has 3 rings (SSSR count). The third-order valence-corrected chi connectivity index (χ3v) is 5.21. The number of aliphatic imine (C=N–C) groups is 1. The van der Waals surface area contributed by atoms with Crippen LogP contribution >= 0.6 is 23.1 Å². The van der Waals surface area contributed by atoms with Crippen LogP contribution in [0.2, 0.25) is 0 Å². The summed E-state index contributed by atoms with van der Waals surface area (Å²) in [5.41, 5.74) is 12.9. The van der Waals surface area contributed by atoms with Crippen LogP contribution < -0.4 is 17.0 Å². The van der Waals surface area contributed by atoms with E-state index in [1.165, 1.54) is 11.3 Å². The summed E-state index contributed by atoms with van der Waals surface area (Å²) >= 11 is 3.11. The summed E-state index contributed by atoms with van der Waals surface area (Å²) < 4.78 is 0. The van der Waals surface area contributed by atoms with Crippen molar-refractivity contribution in [2.24, 2.45) is 16.5 Å². The lowest BCUT2D eigenvalue weighted by molar-refractivity contribution is 0.929. The van der Waals surface area contributed by atoms with Crippen LogP contribution in [0.25, 0.3) is 11.1 Å². The van der Waals surface area contributed by atoms with Crippen molar-refractivity contribution >= 4 is 34.2 Å². The summed E-state index contributed by atoms with van der Waals surface area (Å²) in [6.45, 7) is 0. The predicted molar refractivity (Wildman–Crippen MR) is 108 cm³/mol. The summed E-state index contributed by atoms with van der Waals surface area (Å²) in [4.78, 5) is 27.7. The standard InChI is InChI=1S/C17H18N6OS2/c18-16(19)23-17-21-12(10-26-17)9-25-7-6-14-20-8-13(15(24)22-14)11-4-2-1-3-5-11/h1-5,8,10H,6-7,9H2,(H,20,22,24)(H4,18,19,21,23). The van der Waals surface area contributed by atoms with Gasteiger partial charge in [0.15, 0.2) is 5.96 Å². The monoisotopic (exact) mass is 386 g/mol. The molecular weight excluding hydrogens is 368 g/mol. The smallest absolute Gasteiger partial charge is 0.258 e. The molecule has 7 nitrogen and oxygen atoms in total. The summed E-state index contributed by atoms with van der Waals surface area (Å²) in [5.74, 6) is 2.26. The number of thiazole rings is 1. The molecule has 0 unspecified atom stereocenters. The average molecular weight is 387 g/mol. The van der Waals surface area contributed by atoms with E-state index in [9.17, 15) is 4.79 Å². The maximum atomic E-state index is 12.2. The zero-order valence-electron chi connectivity index (χ0n) is 13.9. The van der Waals surface area contributed by atoms with Gasteiger partial charge < -0.3 is 16.5 Å². The second-order valence-electron chi connectivity index (χ2n) is 5.40. The van der Waals surface area contributed by atoms with Gasteiger partial charge in [-0.25, -0.2) is 9.97 Å². The Kier molecular flexibility index (Phi) is 6.03. The van der Waals surface area contributed by atoms with E-state index in [4.69, 9.17) is 11.5 Å². The summed E-state index contributed by atoms with van der Waals surface area (Å²) in [5, 5.41) is 2.49. The number of hydrogen-bond donors (Lipinski definition) is 3. The molecule has 0 aliphatic heterocycles. The van der Waals surface area contributed by atoms with Gasteiger partial charge >= 0.3 is 0 Å². The number of aryl methyl sites for hydroxylation is 1. The van der Waals surface area contributed by atoms with Crippen LogP contribution in [-0.4, -0.2) is 26.7 Å². The molecule has 0 spiro atoms. The summed E-state index contributed by atoms with van der Waals surface area (Å²) in [6.07, 6.45) is 2.32. The zero-order valence-corrected chi connectivity index (χ0v) is 15.5. The van der Waals surface area contributed by atoms with Crippen LogP contribution in [0.3, 0.4) is 0 Å². The number of guanidine groups is 1. The van der Waals surface area contributed by atoms with E-state index in [-0.39, 0.29) is 11.5 Å². The van der Waals surface area contributed by atoms with E-state index in [1.807, 2.05) is 35.7 Å². The molecule has 0 saturated carbocycles. The molecule has 3 aromatic rings. The lowest BCUT2D eigenvalue weighted by Gasteiger charge is -2.03. The highest BCUT2D eigenvalue weighted by atomic mass is 32.2. The number of nitrogens with two attached hydrogens (primary N) is 2. The topological polar surface area (TPSA) is 123 Å². The van der Waals surface area contributed by atoms with Crippen LogP contribution in [0.5, 0.6) is 0 Å². The van der Waals surface area contributed by atoms with E-state index >= 15 is 0 Å². The van der Waals surface area contributed by atoms with E-state index in [0.717, 1.165) is 22.8 Å². The van der Waals surface area contributed by atoms with Crippen molar-refractivity contribution in [2.45, 2.75) is 12.2 Å². The molecule has 26 heavy (non-hydrogen) atoms. The molecule has 0 bridgehead atoms. The van der Waals surface area contributed by atoms with Crippen molar-refractivity contribution in [3.63, 3.8) is 0 Å². The number of hydrogen-bond acceptors (Lipinski definition) is 6. The van der Waals surface area contributed by atoms with Gasteiger partial charge in [-0.1, -0.05) is 30.3 Å². The second-order valence-corrected chi connectivity index (χ2v) is 7.34. The Balaban J connectivity index is 1.52. The van der Waals surface area contributed by atoms with Gasteiger partial charge in [-0.15, -0.1) is 11.3 Å². The highest BCUT2D eigenvalue weighted by Gasteiger charge is 2.06. The van der Waals surface area contributed by atoms with Gasteiger partial charge in [0.05, 0.1) is 11.3 Å². The highest BCUT2D eigenvalue weighted by molar-refractivity contribution is 7.98. The Labute approximate surface area is 158 Å². The van der Waals surface area contributed by atoms with Gasteiger partial charge in [0.2, 0.25) is 5.13 Å². The van der Waals surface area contributed by atoms with Gasteiger partial charge in [-0.3, -0.25) is 4.79 Å². The maximum Gasteiger partial charge on any atom is 0.258 e. The van der Waals surface area contributed by atoms with Crippen LogP contribution in [0.4, 0.5) is 5.13 Å². The van der Waals surface area contributed by atoms with Gasteiger partial charge in [-0.2, -0.15) is 16.8 Å². The van der Waals surface area contributed by atoms with Crippen LogP contribution in [-0.2, 0) is 12.2 Å². The molecule has 134 valence electrons. The van der Waals surface area contributed by atoms with Crippen molar-refractivity contribution in [1.29, 1.82) is 0 Å². The van der Waals surface area contributed by atoms with Crippen molar-refractivity contribution < 1.29 is 0 Å². The molecule has 0 atom stereocenters. The molecule has 2 aromatic heterocycles. The highest BCUT2D eigenvalue weighted by Crippen LogP contribution is 2.22. The lowest BCUT2D eigenvalue weighted by atomic mass is 10.1. The fraction of sp³-hybridized carbons (Fsp3) is 0.176. The molecule has 2 heterocycles. The Morgan fingerprint density at radius 1 is 1.27 bits per heavy atom. The zero-order chi connectivity index (χ0) is 18.4. The minimum atomic E-state index is -0.118. The summed E-state index contributed by atoms with van der Waals surface area (Å²) in [7, 11) is 0. The minimum absolute atomic E-state index is 0.00697. The third kappa shape index (κ3) is 4.93. The maximum absolute atomic E-state index is 12.2. The Hall–Kier alpha value is -2.65. The number of aromatic nitrogens is 3. The largest absolute Gasteiger partial charge is 0.370 e. The first kappa shape index (κ1) is 18.2. The summed E-state index contributed by atoms with van der Waals surface area (Å²) in [6, 6.07) is 9.50. The molecule has 0 saturated heterocycles. The molecule has 5 N–H and O–H groups in total. The van der Waals surface area contributed by atoms with E-state index in [0.29, 0.717) is 22.9 Å². The molecular formula is C17H18N6OS2. The normalized spacial score (nSPS) is 10.6. The average Bonchev–Trinajstić information content (AvgIpc) is 3.06. The molecule has 0 aliphatic rings. The number of rotatable bonds is 7. The van der Waals surface area contributed by atoms with Crippen LogP contribution in [0.15, 0.2) is 51.7 Å². The minimum Gasteiger partial charge on any atom is -0.370 e. The quantitative estimate of drug-likeness (QED) is 0.325. The van der Waals surface area contributed by atoms with Crippen molar-refractivity contribution in [1.82, 2.24) is 15.0 Å². The predicted octanol–water partition coefficient (Wildman–Crippen LogP) is 2.27. The van der Waals surface area contributed by atoms with Crippen LogP contribution in [0, 0.1) is 0 Å². The van der Waals surface area contributed by atoms with Gasteiger partial charge in [0.1, 0.15) is 5.82 Å². The van der Waals surface area contributed by atoms with Crippen molar-refractivity contribution in [3.8, 4) is 11.1 Å². The second kappa shape index (κ2) is 8.63. The van der Waals surface area contributed by atoms with Crippen molar-refractivity contribution in [3.05, 3.63) is 63.8 Å². The molecule has 0 amide bonds. The Morgan fingerprint density at radius 3 is 2.81 bits per heavy atom. The number of H-pyrrole nitrogens is 1. The lowest BCUT2D eigenvalue weighted by Crippen LogP contribution is -2.21. The van der Waals surface area contributed by atoms with Crippen molar-refractivity contribution in [2.75, 3.05) is 5.75 Å². The van der Waals surface area contributed by atoms with E-state index in [2.05, 4.69) is 19.9 Å². The van der Waals surface area contributed by atoms with E-state index < -0.39 is 0 Å². The Bertz CT molecular complexity index is 947. The van der Waals surface area contributed by atoms with Gasteiger partial charge in [-0.05, 0) is 5.56 Å². The number of nitrogens with zero attached hydrogens (tertiary/aromatic N) is 3. The fourth-order valence-corrected chi connectivity index (χ4v) is 3.90. The Morgan fingerprint density at radius 2 is 2.08 bits per heavy atom. The number of benzene rings is 1. The number of thioether (sulfide) groups is 1. The van der Waals surface area contributed by atoms with Gasteiger partial charge in [0, 0.05) is 29.5 Å². The fourth-order valence-electron chi connectivity index (χ4n) is 2.25. The molecule has 0 aliphatic carbocycles. The first-order valence-corrected chi connectivity index (χ1v) is 9.90. The molecule has 9 heteroatoms. The first-order valence-electron chi connectivity index (χ1n) is 7.87. The number of nitrogens with one attached hydrogen (secondary N) is 1. The number of aromatic amines is 1. The first-order chi connectivity index (χ1) is 12.6. The van der Waals surface area contributed by atoms with E-state index in [1.54, 1.807) is 18.0 Å². The molecule has 0 radical (unpaired) electrons. The van der Waals surface area contributed by atoms with Crippen LogP contribution in [0.1, 0.15) is 11.5 Å².